The van der Waals surface area contributed by atoms with Gasteiger partial charge in [0.1, 0.15) is 0 Å². The highest BCUT2D eigenvalue weighted by Crippen LogP contribution is 1.67. The van der Waals surface area contributed by atoms with E-state index in [2.05, 4.69) is 17.2 Å². The van der Waals surface area contributed by atoms with Gasteiger partial charge in [-0.1, -0.05) is 0 Å². The van der Waals surface area contributed by atoms with Gasteiger partial charge in [-0.15, -0.1) is 0 Å². The number of hydrogen-bond donors (Lipinski definition) is 2. The second-order valence-electron chi connectivity index (χ2n) is 0.558. The molecule has 30 valence electrons. The predicted molar refractivity (Wildman–Crippen MR) is 17.0 cm³/mol. The van der Waals surface area contributed by atoms with Crippen molar-refractivity contribution < 1.29 is 10.1 Å². The topological polar surface area (TPSA) is 55.5 Å². The standard InChI is InChI=1S/C2H5NO2/c1-2(3)5-4/h4H,1,3H2. The average molecular weight is 75.1 g/mol. The molecule has 0 fully saturated rings. The third-order valence-electron chi connectivity index (χ3n) is 0.117. The van der Waals surface area contributed by atoms with Crippen molar-refractivity contribution in [3.05, 3.63) is 12.5 Å². The summed E-state index contributed by atoms with van der Waals surface area (Å²) in [6, 6.07) is 0. The number of rotatable bonds is 1. The molecule has 0 bridgehead atoms. The molecule has 0 aromatic rings. The average Bonchev–Trinajstić information content (AvgIpc) is 1.38. The molecule has 5 heavy (non-hydrogen) atoms. The van der Waals surface area contributed by atoms with Crippen molar-refractivity contribution in [1.29, 1.82) is 0 Å². The Kier molecular flexibility index (Phi) is 1.38. The van der Waals surface area contributed by atoms with Gasteiger partial charge in [0.15, 0.2) is 0 Å². The monoisotopic (exact) mass is 75.0 g/mol. The zero-order valence-corrected chi connectivity index (χ0v) is 2.64. The zero-order chi connectivity index (χ0) is 4.28. The van der Waals surface area contributed by atoms with Crippen molar-refractivity contribution in [2.75, 3.05) is 0 Å². The van der Waals surface area contributed by atoms with Crippen LogP contribution in [0.5, 0.6) is 0 Å². The Morgan fingerprint density at radius 2 is 2.20 bits per heavy atom. The van der Waals surface area contributed by atoms with E-state index in [-0.39, 0.29) is 5.88 Å². The van der Waals surface area contributed by atoms with Crippen LogP contribution in [0.25, 0.3) is 0 Å². The lowest BCUT2D eigenvalue weighted by molar-refractivity contribution is -0.203. The fraction of sp³-hybridized carbons (Fsp3) is 0. The molecule has 3 N–H and O–H groups in total. The van der Waals surface area contributed by atoms with E-state index in [0.717, 1.165) is 0 Å². The van der Waals surface area contributed by atoms with Crippen LogP contribution in [-0.4, -0.2) is 5.26 Å². The normalized spacial score (nSPS) is 6.60. The van der Waals surface area contributed by atoms with Crippen molar-refractivity contribution >= 4 is 0 Å². The first kappa shape index (κ1) is 4.30. The smallest absolute Gasteiger partial charge is 0.220 e. The lowest BCUT2D eigenvalue weighted by Crippen LogP contribution is -1.95. The van der Waals surface area contributed by atoms with E-state index >= 15 is 0 Å². The molecule has 3 heteroatoms. The summed E-state index contributed by atoms with van der Waals surface area (Å²) in [5, 5.41) is 7.42. The molecule has 0 spiro atoms. The van der Waals surface area contributed by atoms with E-state index in [1.165, 1.54) is 0 Å². The first-order valence-electron chi connectivity index (χ1n) is 1.03. The van der Waals surface area contributed by atoms with Crippen molar-refractivity contribution in [3.63, 3.8) is 0 Å². The SMILES string of the molecule is C=C(N)OO. The van der Waals surface area contributed by atoms with E-state index < -0.39 is 0 Å². The lowest BCUT2D eigenvalue weighted by atomic mass is 11.0. The van der Waals surface area contributed by atoms with Crippen LogP contribution in [0.1, 0.15) is 0 Å². The molecule has 0 saturated heterocycles. The van der Waals surface area contributed by atoms with Gasteiger partial charge in [0, 0.05) is 0 Å². The van der Waals surface area contributed by atoms with Gasteiger partial charge >= 0.3 is 0 Å². The Balaban J connectivity index is 2.85. The van der Waals surface area contributed by atoms with Crippen LogP contribution in [0.15, 0.2) is 12.5 Å². The third-order valence-corrected chi connectivity index (χ3v) is 0.117. The summed E-state index contributed by atoms with van der Waals surface area (Å²) < 4.78 is 0. The van der Waals surface area contributed by atoms with Crippen LogP contribution in [0.3, 0.4) is 0 Å². The molecular weight excluding hydrogens is 70.0 g/mol. The molecule has 0 saturated carbocycles. The van der Waals surface area contributed by atoms with Crippen LogP contribution in [-0.2, 0) is 4.89 Å². The molecular formula is C2H5NO2. The Morgan fingerprint density at radius 3 is 2.20 bits per heavy atom. The highest BCUT2D eigenvalue weighted by molar-refractivity contribution is 4.67. The van der Waals surface area contributed by atoms with E-state index in [4.69, 9.17) is 5.26 Å². The molecule has 0 heterocycles. The Bertz CT molecular complexity index is 42.9. The molecule has 0 atom stereocenters. The predicted octanol–water partition coefficient (Wildman–Crippen LogP) is -0.0941. The van der Waals surface area contributed by atoms with Gasteiger partial charge < -0.3 is 10.6 Å². The van der Waals surface area contributed by atoms with Gasteiger partial charge in [-0.25, -0.2) is 5.26 Å². The Morgan fingerprint density at radius 1 is 2.00 bits per heavy atom. The summed E-state index contributed by atoms with van der Waals surface area (Å²) in [5.74, 6) is -0.190. The van der Waals surface area contributed by atoms with Crippen molar-refractivity contribution in [3.8, 4) is 0 Å². The van der Waals surface area contributed by atoms with Crippen LogP contribution in [0.4, 0.5) is 0 Å². The van der Waals surface area contributed by atoms with Crippen LogP contribution >= 0.6 is 0 Å². The maximum atomic E-state index is 7.42. The highest BCUT2D eigenvalue weighted by atomic mass is 17.1. The Hall–Kier alpha value is -0.700. The van der Waals surface area contributed by atoms with E-state index in [1.54, 1.807) is 0 Å². The van der Waals surface area contributed by atoms with Gasteiger partial charge in [0.05, 0.1) is 0 Å². The summed E-state index contributed by atoms with van der Waals surface area (Å²) in [7, 11) is 0. The van der Waals surface area contributed by atoms with E-state index in [1.807, 2.05) is 0 Å². The first-order chi connectivity index (χ1) is 2.27. The maximum absolute atomic E-state index is 7.42. The largest absolute Gasteiger partial charge is 0.368 e. The van der Waals surface area contributed by atoms with Crippen LogP contribution < -0.4 is 5.73 Å². The summed E-state index contributed by atoms with van der Waals surface area (Å²) in [5.41, 5.74) is 4.62. The molecule has 0 rings (SSSR count). The van der Waals surface area contributed by atoms with Gasteiger partial charge in [0.2, 0.25) is 5.88 Å². The van der Waals surface area contributed by atoms with Gasteiger partial charge in [-0.05, 0) is 6.58 Å². The number of hydrogen-bond acceptors (Lipinski definition) is 3. The van der Waals surface area contributed by atoms with Crippen LogP contribution in [0, 0.1) is 0 Å². The van der Waals surface area contributed by atoms with Gasteiger partial charge in [-0.2, -0.15) is 0 Å². The van der Waals surface area contributed by atoms with E-state index in [0.29, 0.717) is 0 Å². The van der Waals surface area contributed by atoms with Crippen molar-refractivity contribution in [2.24, 2.45) is 5.73 Å². The summed E-state index contributed by atoms with van der Waals surface area (Å²) in [6.07, 6.45) is 0. The quantitative estimate of drug-likeness (QED) is 0.260. The minimum atomic E-state index is -0.190. The maximum Gasteiger partial charge on any atom is 0.220 e. The molecule has 0 aliphatic carbocycles. The fourth-order valence-electron chi connectivity index (χ4n) is 0. The molecule has 0 aliphatic heterocycles. The molecule has 0 amide bonds. The van der Waals surface area contributed by atoms with E-state index in [9.17, 15) is 0 Å². The molecule has 3 nitrogen and oxygen atoms in total. The minimum Gasteiger partial charge on any atom is -0.368 e. The summed E-state index contributed by atoms with van der Waals surface area (Å²) in [4.78, 5) is 3.33. The molecule has 0 radical (unpaired) electrons. The summed E-state index contributed by atoms with van der Waals surface area (Å²) in [6.45, 7) is 2.98. The molecule has 0 unspecified atom stereocenters. The second-order valence-corrected chi connectivity index (χ2v) is 0.558. The van der Waals surface area contributed by atoms with Crippen molar-refractivity contribution in [2.45, 2.75) is 0 Å². The first-order valence-corrected chi connectivity index (χ1v) is 1.03. The van der Waals surface area contributed by atoms with Gasteiger partial charge in [-0.3, -0.25) is 0 Å². The second kappa shape index (κ2) is 1.60. The summed E-state index contributed by atoms with van der Waals surface area (Å²) >= 11 is 0. The van der Waals surface area contributed by atoms with Crippen molar-refractivity contribution in [1.82, 2.24) is 0 Å². The van der Waals surface area contributed by atoms with Crippen LogP contribution in [0.2, 0.25) is 0 Å². The minimum absolute atomic E-state index is 0.190. The fourth-order valence-corrected chi connectivity index (χ4v) is 0. The zero-order valence-electron chi connectivity index (χ0n) is 2.64. The molecule has 0 aliphatic rings. The highest BCUT2D eigenvalue weighted by Gasteiger charge is 1.68. The lowest BCUT2D eigenvalue weighted by Gasteiger charge is -1.84. The Labute approximate surface area is 29.6 Å². The van der Waals surface area contributed by atoms with Gasteiger partial charge in [0.25, 0.3) is 0 Å². The number of nitrogens with two attached hydrogens (primary N) is 1. The molecule has 0 aromatic carbocycles. The molecule has 0 aromatic heterocycles. The third kappa shape index (κ3) is 3.30.